The van der Waals surface area contributed by atoms with Gasteiger partial charge in [-0.2, -0.15) is 0 Å². The van der Waals surface area contributed by atoms with Crippen LogP contribution in [0.1, 0.15) is 12.0 Å². The van der Waals surface area contributed by atoms with Crippen LogP contribution in [0.15, 0.2) is 279 Å². The van der Waals surface area contributed by atoms with Gasteiger partial charge in [-0.3, -0.25) is 0 Å². The minimum absolute atomic E-state index is 0.108. The van der Waals surface area contributed by atoms with Gasteiger partial charge < -0.3 is 9.80 Å². The summed E-state index contributed by atoms with van der Waals surface area (Å²) in [6.45, 7) is 0. The zero-order valence-electron chi connectivity index (χ0n) is 39.1. The highest BCUT2D eigenvalue weighted by atomic mass is 32.1. The van der Waals surface area contributed by atoms with Crippen LogP contribution in [-0.4, -0.2) is 11.0 Å². The summed E-state index contributed by atoms with van der Waals surface area (Å²) in [5.41, 5.74) is 19.8. The summed E-state index contributed by atoms with van der Waals surface area (Å²) in [6, 6.07) is 93.9. The van der Waals surface area contributed by atoms with Crippen molar-refractivity contribution in [1.82, 2.24) is 4.98 Å². The van der Waals surface area contributed by atoms with Gasteiger partial charge in [-0.1, -0.05) is 182 Å². The molecule has 1 atom stereocenters. The van der Waals surface area contributed by atoms with Crippen molar-refractivity contribution in [3.63, 3.8) is 0 Å². The lowest BCUT2D eigenvalue weighted by Crippen LogP contribution is -2.30. The second kappa shape index (κ2) is 19.6. The van der Waals surface area contributed by atoms with Crippen LogP contribution in [0.25, 0.3) is 70.9 Å². The molecule has 0 bridgehead atoms. The van der Waals surface area contributed by atoms with Gasteiger partial charge in [0.25, 0.3) is 0 Å². The minimum atomic E-state index is 0.108. The van der Waals surface area contributed by atoms with Gasteiger partial charge in [0.2, 0.25) is 0 Å². The molecule has 1 aliphatic rings. The predicted octanol–water partition coefficient (Wildman–Crippen LogP) is 18.7. The third-order valence-electron chi connectivity index (χ3n) is 13.4. The number of hydrogen-bond acceptors (Lipinski definition) is 4. The van der Waals surface area contributed by atoms with E-state index in [1.165, 1.54) is 60.3 Å². The molecule has 11 aromatic rings. The highest BCUT2D eigenvalue weighted by Crippen LogP contribution is 2.40. The first-order valence-electron chi connectivity index (χ1n) is 24.3. The average Bonchev–Trinajstić information content (AvgIpc) is 3.90. The molecular formula is C67H49N3S. The lowest BCUT2D eigenvalue weighted by atomic mass is 9.94. The Morgan fingerprint density at radius 1 is 0.352 bits per heavy atom. The molecule has 1 unspecified atom stereocenters. The molecule has 1 heterocycles. The molecule has 3 nitrogen and oxygen atoms in total. The van der Waals surface area contributed by atoms with E-state index < -0.39 is 0 Å². The van der Waals surface area contributed by atoms with Crippen LogP contribution in [0.3, 0.4) is 0 Å². The van der Waals surface area contributed by atoms with Crippen molar-refractivity contribution >= 4 is 55.6 Å². The maximum atomic E-state index is 4.91. The molecule has 0 saturated carbocycles. The van der Waals surface area contributed by atoms with Crippen molar-refractivity contribution in [3.8, 4) is 55.1 Å². The summed E-state index contributed by atoms with van der Waals surface area (Å²) in [7, 11) is 0. The smallest absolute Gasteiger partial charge is 0.124 e. The third kappa shape index (κ3) is 9.25. The van der Waals surface area contributed by atoms with E-state index in [4.69, 9.17) is 4.98 Å². The maximum Gasteiger partial charge on any atom is 0.124 e. The van der Waals surface area contributed by atoms with Crippen molar-refractivity contribution in [3.05, 3.63) is 285 Å². The number of anilines is 5. The van der Waals surface area contributed by atoms with Gasteiger partial charge in [-0.05, 0) is 159 Å². The quantitative estimate of drug-likeness (QED) is 0.122. The van der Waals surface area contributed by atoms with Crippen LogP contribution in [0.2, 0.25) is 0 Å². The Hall–Kier alpha value is -8.83. The fourth-order valence-corrected chi connectivity index (χ4v) is 10.7. The molecule has 0 radical (unpaired) electrons. The number of benzene rings is 10. The fourth-order valence-electron chi connectivity index (χ4n) is 9.77. The Kier molecular flexibility index (Phi) is 12.0. The monoisotopic (exact) mass is 927 g/mol. The van der Waals surface area contributed by atoms with Gasteiger partial charge in [0.1, 0.15) is 5.01 Å². The zero-order chi connectivity index (χ0) is 47.3. The Bertz CT molecular complexity index is 3480. The van der Waals surface area contributed by atoms with Crippen LogP contribution >= 0.6 is 11.3 Å². The van der Waals surface area contributed by atoms with Crippen molar-refractivity contribution < 1.29 is 0 Å². The molecule has 0 aliphatic heterocycles. The van der Waals surface area contributed by atoms with E-state index in [1.54, 1.807) is 11.3 Å². The summed E-state index contributed by atoms with van der Waals surface area (Å²) in [5, 5.41) is 1.03. The van der Waals surface area contributed by atoms with Crippen molar-refractivity contribution in [2.75, 3.05) is 9.80 Å². The van der Waals surface area contributed by atoms with Crippen molar-refractivity contribution in [2.45, 2.75) is 12.5 Å². The first-order valence-corrected chi connectivity index (χ1v) is 25.1. The third-order valence-corrected chi connectivity index (χ3v) is 14.5. The largest absolute Gasteiger partial charge is 0.334 e. The Labute approximate surface area is 420 Å². The van der Waals surface area contributed by atoms with Gasteiger partial charge >= 0.3 is 0 Å². The van der Waals surface area contributed by atoms with E-state index in [9.17, 15) is 0 Å². The Morgan fingerprint density at radius 3 is 1.25 bits per heavy atom. The van der Waals surface area contributed by atoms with Gasteiger partial charge in [-0.15, -0.1) is 11.3 Å². The summed E-state index contributed by atoms with van der Waals surface area (Å²) in [6.07, 6.45) is 7.93. The number of nitrogens with zero attached hydrogens (tertiary/aromatic N) is 3. The molecule has 1 aromatic heterocycles. The molecule has 0 fully saturated rings. The van der Waals surface area contributed by atoms with Crippen LogP contribution in [0.4, 0.5) is 28.4 Å². The molecular weight excluding hydrogens is 879 g/mol. The zero-order valence-corrected chi connectivity index (χ0v) is 39.9. The molecule has 0 N–H and O–H groups in total. The predicted molar refractivity (Wildman–Crippen MR) is 302 cm³/mol. The first kappa shape index (κ1) is 43.5. The minimum Gasteiger partial charge on any atom is -0.334 e. The number of rotatable bonds is 12. The van der Waals surface area contributed by atoms with E-state index in [-0.39, 0.29) is 6.04 Å². The lowest BCUT2D eigenvalue weighted by Gasteiger charge is -2.33. The van der Waals surface area contributed by atoms with E-state index >= 15 is 0 Å². The highest BCUT2D eigenvalue weighted by molar-refractivity contribution is 7.21. The molecule has 0 spiro atoms. The van der Waals surface area contributed by atoms with E-state index in [2.05, 4.69) is 283 Å². The number of aromatic nitrogens is 1. The van der Waals surface area contributed by atoms with Gasteiger partial charge in [-0.25, -0.2) is 4.98 Å². The van der Waals surface area contributed by atoms with Crippen molar-refractivity contribution in [1.29, 1.82) is 0 Å². The summed E-state index contributed by atoms with van der Waals surface area (Å²) < 4.78 is 1.20. The maximum absolute atomic E-state index is 4.91. The Morgan fingerprint density at radius 2 is 0.761 bits per heavy atom. The SMILES string of the molecule is C1=CC(N(c2ccc(-c3cccc(-c4ccccc4)c3)cc2)c2ccc(-c3cccc(-c4ccccc4)c3)cc2)CC=C1c1ccc(N(c2ccccc2)c2ccc(-c3nc4ccccc4s3)cc2)cc1. The van der Waals surface area contributed by atoms with Crippen LogP contribution < -0.4 is 9.80 Å². The van der Waals surface area contributed by atoms with Gasteiger partial charge in [0.05, 0.1) is 16.3 Å². The molecule has 71 heavy (non-hydrogen) atoms. The summed E-state index contributed by atoms with van der Waals surface area (Å²) in [5.74, 6) is 0. The second-order valence-electron chi connectivity index (χ2n) is 17.9. The second-order valence-corrected chi connectivity index (χ2v) is 19.0. The molecule has 1 aliphatic carbocycles. The van der Waals surface area contributed by atoms with E-state index in [1.807, 2.05) is 6.07 Å². The van der Waals surface area contributed by atoms with Crippen LogP contribution in [0, 0.1) is 0 Å². The number of fused-ring (bicyclic) bond motifs is 1. The Balaban J connectivity index is 0.822. The number of para-hydroxylation sites is 2. The molecule has 10 aromatic carbocycles. The number of allylic oxidation sites excluding steroid dienone is 2. The fraction of sp³-hybridized carbons (Fsp3) is 0.0299. The lowest BCUT2D eigenvalue weighted by molar-refractivity contribution is 0.787. The molecule has 12 rings (SSSR count). The molecule has 0 amide bonds. The van der Waals surface area contributed by atoms with Crippen LogP contribution in [-0.2, 0) is 0 Å². The molecule has 338 valence electrons. The van der Waals surface area contributed by atoms with E-state index in [0.717, 1.165) is 50.9 Å². The van der Waals surface area contributed by atoms with Crippen LogP contribution in [0.5, 0.6) is 0 Å². The topological polar surface area (TPSA) is 19.4 Å². The number of thiazole rings is 1. The first-order chi connectivity index (χ1) is 35.2. The average molecular weight is 928 g/mol. The van der Waals surface area contributed by atoms with E-state index in [0.29, 0.717) is 0 Å². The molecule has 0 saturated heterocycles. The standard InChI is InChI=1S/C67H49N3S/c1-4-14-48(15-5-1)55-18-12-20-57(46-55)52-30-40-62(41-31-52)70(63-42-32-53(33-43-63)58-21-13-19-56(47-58)49-16-6-2-7-17-49)61-38-28-51(29-39-61)50-26-36-60(37-27-50)69(59-22-8-3-9-23-59)64-44-34-54(35-45-64)67-68-65-24-10-11-25-66(65)71-67/h1-38,40-47,61H,39H2. The normalized spacial score (nSPS) is 13.2. The number of hydrogen-bond donors (Lipinski definition) is 0. The molecule has 4 heteroatoms. The summed E-state index contributed by atoms with van der Waals surface area (Å²) in [4.78, 5) is 9.72. The van der Waals surface area contributed by atoms with Crippen molar-refractivity contribution in [2.24, 2.45) is 0 Å². The highest BCUT2D eigenvalue weighted by Gasteiger charge is 2.22. The van der Waals surface area contributed by atoms with Gasteiger partial charge in [0.15, 0.2) is 0 Å². The van der Waals surface area contributed by atoms with Gasteiger partial charge in [0, 0.05) is 34.0 Å². The summed E-state index contributed by atoms with van der Waals surface area (Å²) >= 11 is 1.73.